The Morgan fingerprint density at radius 2 is 1.60 bits per heavy atom. The van der Waals surface area contributed by atoms with Gasteiger partial charge in [0, 0.05) is 24.6 Å². The topological polar surface area (TPSA) is 113 Å². The van der Waals surface area contributed by atoms with Gasteiger partial charge in [-0.1, -0.05) is 67.4 Å². The van der Waals surface area contributed by atoms with Gasteiger partial charge in [0.15, 0.2) is 5.78 Å². The van der Waals surface area contributed by atoms with E-state index in [0.29, 0.717) is 11.3 Å². The van der Waals surface area contributed by atoms with Gasteiger partial charge in [0.1, 0.15) is 18.3 Å². The Balaban J connectivity index is 1.75. The number of carbonyl (C=O) groups excluding carboxylic acids is 3. The molecule has 4 rings (SSSR count). The van der Waals surface area contributed by atoms with Crippen LogP contribution >= 0.6 is 0 Å². The predicted molar refractivity (Wildman–Crippen MR) is 167 cm³/mol. The molecule has 0 aliphatic heterocycles. The SMILES string of the molecule is COc1cccc(CN(C(=O)CN(c2cccc(C(C)=O)c2)S(C)(=O)=O)[C@@H](Cc2ccccc2)C(=O)NC2CCCC2)c1. The zero-order valence-corrected chi connectivity index (χ0v) is 25.7. The summed E-state index contributed by atoms with van der Waals surface area (Å²) in [5.74, 6) is -0.466. The number of nitrogens with one attached hydrogen (secondary N) is 1. The molecule has 3 aromatic rings. The van der Waals surface area contributed by atoms with Crippen molar-refractivity contribution in [3.05, 3.63) is 95.6 Å². The average Bonchev–Trinajstić information content (AvgIpc) is 3.50. The Morgan fingerprint density at radius 3 is 2.26 bits per heavy atom. The highest BCUT2D eigenvalue weighted by atomic mass is 32.2. The van der Waals surface area contributed by atoms with E-state index in [2.05, 4.69) is 5.32 Å². The minimum absolute atomic E-state index is 0.0291. The highest BCUT2D eigenvalue weighted by Gasteiger charge is 2.34. The Morgan fingerprint density at radius 1 is 0.930 bits per heavy atom. The third kappa shape index (κ3) is 8.67. The summed E-state index contributed by atoms with van der Waals surface area (Å²) in [4.78, 5) is 41.7. The van der Waals surface area contributed by atoms with E-state index in [0.717, 1.165) is 47.4 Å². The van der Waals surface area contributed by atoms with E-state index in [1.807, 2.05) is 36.4 Å². The number of nitrogens with zero attached hydrogens (tertiary/aromatic N) is 2. The summed E-state index contributed by atoms with van der Waals surface area (Å²) in [5.41, 5.74) is 2.11. The molecule has 0 spiro atoms. The van der Waals surface area contributed by atoms with Crippen molar-refractivity contribution < 1.29 is 27.5 Å². The van der Waals surface area contributed by atoms with Gasteiger partial charge in [-0.2, -0.15) is 0 Å². The van der Waals surface area contributed by atoms with Gasteiger partial charge in [0.25, 0.3) is 0 Å². The quantitative estimate of drug-likeness (QED) is 0.290. The van der Waals surface area contributed by atoms with Crippen molar-refractivity contribution in [2.45, 2.75) is 57.7 Å². The van der Waals surface area contributed by atoms with Gasteiger partial charge in [-0.15, -0.1) is 0 Å². The first-order chi connectivity index (χ1) is 20.5. The maximum atomic E-state index is 14.3. The van der Waals surface area contributed by atoms with Crippen LogP contribution in [-0.2, 0) is 32.6 Å². The molecule has 43 heavy (non-hydrogen) atoms. The van der Waals surface area contributed by atoms with Crippen LogP contribution in [0, 0.1) is 0 Å². The maximum Gasteiger partial charge on any atom is 0.244 e. The Labute approximate surface area is 253 Å². The molecule has 228 valence electrons. The Hall–Kier alpha value is -4.18. The van der Waals surface area contributed by atoms with Crippen LogP contribution in [0.5, 0.6) is 5.75 Å². The number of ether oxygens (including phenoxy) is 1. The lowest BCUT2D eigenvalue weighted by molar-refractivity contribution is -0.140. The number of hydrogen-bond donors (Lipinski definition) is 1. The number of hydrogen-bond acceptors (Lipinski definition) is 6. The molecule has 0 unspecified atom stereocenters. The molecule has 10 heteroatoms. The standard InChI is InChI=1S/C33H39N3O6S/c1-24(37)27-14-10-17-29(21-27)36(43(3,40)41)23-32(38)35(22-26-13-9-18-30(19-26)42-2)31(20-25-11-5-4-6-12-25)33(39)34-28-15-7-8-16-28/h4-6,9-14,17-19,21,28,31H,7-8,15-16,20,22-23H2,1-3H3,(H,34,39)/t31-/m0/s1. The van der Waals surface area contributed by atoms with Crippen molar-refractivity contribution in [1.82, 2.24) is 10.2 Å². The number of sulfonamides is 1. The molecule has 0 bridgehead atoms. The lowest BCUT2D eigenvalue weighted by atomic mass is 10.0. The van der Waals surface area contributed by atoms with Crippen LogP contribution in [0.4, 0.5) is 5.69 Å². The third-order valence-corrected chi connectivity index (χ3v) is 8.82. The second-order valence-electron chi connectivity index (χ2n) is 10.9. The first kappa shape index (κ1) is 31.7. The molecule has 0 radical (unpaired) electrons. The van der Waals surface area contributed by atoms with E-state index in [9.17, 15) is 22.8 Å². The van der Waals surface area contributed by atoms with Crippen LogP contribution in [0.15, 0.2) is 78.9 Å². The van der Waals surface area contributed by atoms with Crippen LogP contribution < -0.4 is 14.4 Å². The largest absolute Gasteiger partial charge is 0.497 e. The summed E-state index contributed by atoms with van der Waals surface area (Å²) in [6.45, 7) is 0.894. The molecule has 1 aliphatic rings. The second kappa shape index (κ2) is 14.3. The van der Waals surface area contributed by atoms with Crippen molar-refractivity contribution in [1.29, 1.82) is 0 Å². The monoisotopic (exact) mass is 605 g/mol. The first-order valence-corrected chi connectivity index (χ1v) is 16.3. The van der Waals surface area contributed by atoms with Gasteiger partial charge in [-0.3, -0.25) is 18.7 Å². The highest BCUT2D eigenvalue weighted by molar-refractivity contribution is 7.92. The molecular formula is C33H39N3O6S. The van der Waals surface area contributed by atoms with Crippen molar-refractivity contribution in [2.24, 2.45) is 0 Å². The summed E-state index contributed by atoms with van der Waals surface area (Å²) < 4.78 is 32.4. The smallest absolute Gasteiger partial charge is 0.244 e. The fraction of sp³-hybridized carbons (Fsp3) is 0.364. The van der Waals surface area contributed by atoms with E-state index in [4.69, 9.17) is 4.74 Å². The van der Waals surface area contributed by atoms with Crippen LogP contribution in [0.2, 0.25) is 0 Å². The summed E-state index contributed by atoms with van der Waals surface area (Å²) >= 11 is 0. The number of Topliss-reactive ketones (excluding diaryl/α,β-unsaturated/α-hetero) is 1. The molecule has 1 fully saturated rings. The number of anilines is 1. The van der Waals surface area contributed by atoms with Gasteiger partial charge in [0.05, 0.1) is 19.1 Å². The fourth-order valence-corrected chi connectivity index (χ4v) is 6.22. The number of methoxy groups -OCH3 is 1. The Kier molecular flexibility index (Phi) is 10.6. The molecule has 2 amide bonds. The number of ketones is 1. The average molecular weight is 606 g/mol. The molecule has 9 nitrogen and oxygen atoms in total. The predicted octanol–water partition coefficient (Wildman–Crippen LogP) is 4.36. The summed E-state index contributed by atoms with van der Waals surface area (Å²) in [5, 5.41) is 3.15. The van der Waals surface area contributed by atoms with Crippen LogP contribution in [-0.4, -0.2) is 62.9 Å². The zero-order valence-electron chi connectivity index (χ0n) is 24.9. The highest BCUT2D eigenvalue weighted by Crippen LogP contribution is 2.24. The number of rotatable bonds is 13. The number of carbonyl (C=O) groups is 3. The molecule has 0 saturated heterocycles. The molecular weight excluding hydrogens is 566 g/mol. The van der Waals surface area contributed by atoms with Crippen LogP contribution in [0.1, 0.15) is 54.1 Å². The van der Waals surface area contributed by atoms with Crippen molar-refractivity contribution in [3.8, 4) is 5.75 Å². The van der Waals surface area contributed by atoms with E-state index < -0.39 is 28.5 Å². The normalized spacial score (nSPS) is 14.1. The van der Waals surface area contributed by atoms with Crippen LogP contribution in [0.25, 0.3) is 0 Å². The van der Waals surface area contributed by atoms with E-state index in [1.165, 1.54) is 17.9 Å². The molecule has 0 aromatic heterocycles. The summed E-state index contributed by atoms with van der Waals surface area (Å²) in [7, 11) is -2.39. The zero-order chi connectivity index (χ0) is 31.0. The third-order valence-electron chi connectivity index (χ3n) is 7.68. The van der Waals surface area contributed by atoms with Gasteiger partial charge >= 0.3 is 0 Å². The Bertz CT molecular complexity index is 1540. The minimum Gasteiger partial charge on any atom is -0.497 e. The fourth-order valence-electron chi connectivity index (χ4n) is 5.38. The maximum absolute atomic E-state index is 14.3. The van der Waals surface area contributed by atoms with Crippen molar-refractivity contribution in [3.63, 3.8) is 0 Å². The number of benzene rings is 3. The molecule has 3 aromatic carbocycles. The lowest BCUT2D eigenvalue weighted by Crippen LogP contribution is -2.54. The summed E-state index contributed by atoms with van der Waals surface area (Å²) in [6.07, 6.45) is 5.08. The molecule has 0 heterocycles. The van der Waals surface area contributed by atoms with Crippen molar-refractivity contribution >= 4 is 33.3 Å². The summed E-state index contributed by atoms with van der Waals surface area (Å²) in [6, 6.07) is 22.0. The van der Waals surface area contributed by atoms with E-state index >= 15 is 0 Å². The lowest BCUT2D eigenvalue weighted by Gasteiger charge is -2.34. The number of amides is 2. The van der Waals surface area contributed by atoms with E-state index in [-0.39, 0.29) is 36.4 Å². The van der Waals surface area contributed by atoms with E-state index in [1.54, 1.807) is 43.5 Å². The molecule has 1 aliphatic carbocycles. The molecule has 1 saturated carbocycles. The molecule has 1 atom stereocenters. The van der Waals surface area contributed by atoms with Gasteiger partial charge in [-0.25, -0.2) is 8.42 Å². The van der Waals surface area contributed by atoms with Crippen LogP contribution in [0.3, 0.4) is 0 Å². The molecule has 1 N–H and O–H groups in total. The van der Waals surface area contributed by atoms with Gasteiger partial charge in [-0.05, 0) is 55.2 Å². The minimum atomic E-state index is -3.94. The second-order valence-corrected chi connectivity index (χ2v) is 12.9. The first-order valence-electron chi connectivity index (χ1n) is 14.4. The van der Waals surface area contributed by atoms with Gasteiger partial charge < -0.3 is 15.0 Å². The van der Waals surface area contributed by atoms with Crippen molar-refractivity contribution in [2.75, 3.05) is 24.2 Å². The van der Waals surface area contributed by atoms with Gasteiger partial charge in [0.2, 0.25) is 21.8 Å².